The molecule has 0 spiro atoms. The molecule has 0 atom stereocenters. The first-order valence-electron chi connectivity index (χ1n) is 6.54. The number of hydrogen-bond acceptors (Lipinski definition) is 4. The van der Waals surface area contributed by atoms with Crippen molar-refractivity contribution in [3.8, 4) is 11.3 Å². The van der Waals surface area contributed by atoms with Crippen LogP contribution in [0.5, 0.6) is 0 Å². The minimum Gasteiger partial charge on any atom is -0.368 e. The third kappa shape index (κ3) is 1.44. The van der Waals surface area contributed by atoms with E-state index in [9.17, 15) is 0 Å². The maximum atomic E-state index is 5.76. The van der Waals surface area contributed by atoms with Crippen LogP contribution < -0.4 is 5.73 Å². The highest BCUT2D eigenvalue weighted by Gasteiger charge is 2.42. The second-order valence-corrected chi connectivity index (χ2v) is 6.00. The van der Waals surface area contributed by atoms with Crippen molar-refractivity contribution in [2.45, 2.75) is 39.0 Å². The summed E-state index contributed by atoms with van der Waals surface area (Å²) < 4.78 is 1.97. The first kappa shape index (κ1) is 12.1. The van der Waals surface area contributed by atoms with Gasteiger partial charge in [0.25, 0.3) is 0 Å². The zero-order valence-electron chi connectivity index (χ0n) is 12.0. The van der Waals surface area contributed by atoms with E-state index in [0.29, 0.717) is 11.9 Å². The molecule has 2 aromatic rings. The van der Waals surface area contributed by atoms with E-state index in [-0.39, 0.29) is 5.41 Å². The smallest absolute Gasteiger partial charge is 0.220 e. The van der Waals surface area contributed by atoms with E-state index in [1.54, 1.807) is 0 Å². The van der Waals surface area contributed by atoms with Crippen molar-refractivity contribution in [1.82, 2.24) is 19.7 Å². The SMILES string of the molecule is CC(C)c1c2c(nn1C)C(C)(C)c1cnc(N)nc1-2. The van der Waals surface area contributed by atoms with Crippen LogP contribution >= 0.6 is 0 Å². The average molecular weight is 257 g/mol. The van der Waals surface area contributed by atoms with Gasteiger partial charge >= 0.3 is 0 Å². The zero-order valence-corrected chi connectivity index (χ0v) is 12.0. The fourth-order valence-corrected chi connectivity index (χ4v) is 3.04. The van der Waals surface area contributed by atoms with Crippen molar-refractivity contribution >= 4 is 5.95 Å². The molecule has 0 aromatic carbocycles. The molecule has 0 aliphatic heterocycles. The molecular weight excluding hydrogens is 238 g/mol. The molecule has 2 heterocycles. The Bertz CT molecular complexity index is 667. The fraction of sp³-hybridized carbons (Fsp3) is 0.500. The van der Waals surface area contributed by atoms with Crippen molar-refractivity contribution in [2.75, 3.05) is 5.73 Å². The number of nitrogen functional groups attached to an aromatic ring is 1. The molecule has 0 unspecified atom stereocenters. The number of aryl methyl sites for hydroxylation is 1. The maximum Gasteiger partial charge on any atom is 0.220 e. The molecule has 0 saturated carbocycles. The first-order valence-corrected chi connectivity index (χ1v) is 6.54. The summed E-state index contributed by atoms with van der Waals surface area (Å²) in [5, 5.41) is 4.72. The molecule has 5 nitrogen and oxygen atoms in total. The van der Waals surface area contributed by atoms with Gasteiger partial charge in [0.1, 0.15) is 0 Å². The molecule has 3 rings (SSSR count). The summed E-state index contributed by atoms with van der Waals surface area (Å²) in [6, 6.07) is 0. The second kappa shape index (κ2) is 3.56. The number of aromatic nitrogens is 4. The lowest BCUT2D eigenvalue weighted by atomic mass is 9.87. The van der Waals surface area contributed by atoms with Crippen LogP contribution in [0, 0.1) is 0 Å². The Hall–Kier alpha value is -1.91. The van der Waals surface area contributed by atoms with Crippen molar-refractivity contribution in [3.05, 3.63) is 23.1 Å². The molecule has 1 aliphatic rings. The van der Waals surface area contributed by atoms with Crippen molar-refractivity contribution in [3.63, 3.8) is 0 Å². The molecule has 0 bridgehead atoms. The summed E-state index contributed by atoms with van der Waals surface area (Å²) in [7, 11) is 1.99. The van der Waals surface area contributed by atoms with Crippen molar-refractivity contribution < 1.29 is 0 Å². The van der Waals surface area contributed by atoms with Gasteiger partial charge in [-0.1, -0.05) is 13.8 Å². The van der Waals surface area contributed by atoms with E-state index in [2.05, 4.69) is 37.7 Å². The van der Waals surface area contributed by atoms with Crippen LogP contribution in [0.3, 0.4) is 0 Å². The summed E-state index contributed by atoms with van der Waals surface area (Å²) in [6.07, 6.45) is 1.84. The first-order chi connectivity index (χ1) is 8.84. The second-order valence-electron chi connectivity index (χ2n) is 6.00. The predicted octanol–water partition coefficient (Wildman–Crippen LogP) is 2.22. The number of hydrogen-bond donors (Lipinski definition) is 1. The summed E-state index contributed by atoms with van der Waals surface area (Å²) in [5.74, 6) is 0.708. The quantitative estimate of drug-likeness (QED) is 0.850. The van der Waals surface area contributed by atoms with Crippen LogP contribution in [0.15, 0.2) is 6.20 Å². The minimum absolute atomic E-state index is 0.163. The monoisotopic (exact) mass is 257 g/mol. The number of nitrogens with two attached hydrogens (primary N) is 1. The van der Waals surface area contributed by atoms with Crippen LogP contribution in [0.2, 0.25) is 0 Å². The van der Waals surface area contributed by atoms with Gasteiger partial charge in [0.2, 0.25) is 5.95 Å². The topological polar surface area (TPSA) is 69.6 Å². The molecular formula is C14H19N5. The van der Waals surface area contributed by atoms with Crippen LogP contribution in [0.1, 0.15) is 50.6 Å². The van der Waals surface area contributed by atoms with Gasteiger partial charge in [-0.25, -0.2) is 9.97 Å². The van der Waals surface area contributed by atoms with Crippen molar-refractivity contribution in [2.24, 2.45) is 7.05 Å². The zero-order chi connectivity index (χ0) is 13.9. The predicted molar refractivity (Wildman–Crippen MR) is 74.9 cm³/mol. The Morgan fingerprint density at radius 3 is 2.63 bits per heavy atom. The Kier molecular flexibility index (Phi) is 2.27. The Morgan fingerprint density at radius 1 is 1.32 bits per heavy atom. The molecule has 0 radical (unpaired) electrons. The number of rotatable bonds is 1. The van der Waals surface area contributed by atoms with Gasteiger partial charge in [-0.2, -0.15) is 5.10 Å². The Labute approximate surface area is 112 Å². The molecule has 0 amide bonds. The van der Waals surface area contributed by atoms with Gasteiger partial charge in [0.05, 0.1) is 17.1 Å². The van der Waals surface area contributed by atoms with Crippen LogP contribution in [0.25, 0.3) is 11.3 Å². The molecule has 100 valence electrons. The molecule has 2 aromatic heterocycles. The van der Waals surface area contributed by atoms with Crippen molar-refractivity contribution in [1.29, 1.82) is 0 Å². The Morgan fingerprint density at radius 2 is 2.00 bits per heavy atom. The maximum absolute atomic E-state index is 5.76. The van der Waals surface area contributed by atoms with Crippen LogP contribution in [-0.2, 0) is 12.5 Å². The molecule has 1 aliphatic carbocycles. The fourth-order valence-electron chi connectivity index (χ4n) is 3.04. The van der Waals surface area contributed by atoms with E-state index in [0.717, 1.165) is 22.5 Å². The lowest BCUT2D eigenvalue weighted by Gasteiger charge is -2.18. The highest BCUT2D eigenvalue weighted by molar-refractivity contribution is 5.79. The number of anilines is 1. The van der Waals surface area contributed by atoms with Gasteiger partial charge in [0.15, 0.2) is 0 Å². The highest BCUT2D eigenvalue weighted by Crippen LogP contribution is 2.49. The Balaban J connectivity index is 2.40. The molecule has 2 N–H and O–H groups in total. The lowest BCUT2D eigenvalue weighted by Crippen LogP contribution is -2.18. The van der Waals surface area contributed by atoms with E-state index in [1.165, 1.54) is 5.69 Å². The summed E-state index contributed by atoms with van der Waals surface area (Å²) in [6.45, 7) is 8.67. The molecule has 0 fully saturated rings. The van der Waals surface area contributed by atoms with E-state index < -0.39 is 0 Å². The van der Waals surface area contributed by atoms with Gasteiger partial charge in [-0.3, -0.25) is 4.68 Å². The third-order valence-corrected chi connectivity index (χ3v) is 3.95. The van der Waals surface area contributed by atoms with Gasteiger partial charge in [-0.05, 0) is 19.8 Å². The summed E-state index contributed by atoms with van der Waals surface area (Å²) >= 11 is 0. The highest BCUT2D eigenvalue weighted by atomic mass is 15.3. The van der Waals surface area contributed by atoms with Gasteiger partial charge in [-0.15, -0.1) is 0 Å². The largest absolute Gasteiger partial charge is 0.368 e. The van der Waals surface area contributed by atoms with Crippen LogP contribution in [-0.4, -0.2) is 19.7 Å². The third-order valence-electron chi connectivity index (χ3n) is 3.95. The average Bonchev–Trinajstić information content (AvgIpc) is 2.74. The van der Waals surface area contributed by atoms with Gasteiger partial charge in [0, 0.05) is 29.8 Å². The van der Waals surface area contributed by atoms with Crippen LogP contribution in [0.4, 0.5) is 5.95 Å². The van der Waals surface area contributed by atoms with E-state index >= 15 is 0 Å². The molecule has 19 heavy (non-hydrogen) atoms. The molecule has 0 saturated heterocycles. The lowest BCUT2D eigenvalue weighted by molar-refractivity contribution is 0.590. The summed E-state index contributed by atoms with van der Waals surface area (Å²) in [4.78, 5) is 8.60. The number of fused-ring (bicyclic) bond motifs is 3. The van der Waals surface area contributed by atoms with E-state index in [1.807, 2.05) is 17.9 Å². The number of nitrogens with zero attached hydrogens (tertiary/aromatic N) is 4. The van der Waals surface area contributed by atoms with Gasteiger partial charge < -0.3 is 5.73 Å². The molecule has 5 heteroatoms. The normalized spacial score (nSPS) is 15.7. The minimum atomic E-state index is -0.163. The summed E-state index contributed by atoms with van der Waals surface area (Å²) in [5.41, 5.74) is 11.1. The van der Waals surface area contributed by atoms with E-state index in [4.69, 9.17) is 10.8 Å². The standard InChI is InChI=1S/C14H19N5/c1-7(2)11-9-10-8(6-16-13(15)17-10)14(3,4)12(9)18-19(11)5/h6-7H,1-5H3,(H2,15,16,17).